The smallest absolute Gasteiger partial charge is 0.269 e. The van der Waals surface area contributed by atoms with Crippen LogP contribution in [0.2, 0.25) is 0 Å². The lowest BCUT2D eigenvalue weighted by atomic mass is 9.96. The molecule has 0 spiro atoms. The number of ether oxygens (including phenoxy) is 1. The van der Waals surface area contributed by atoms with Crippen molar-refractivity contribution < 1.29 is 14.8 Å². The van der Waals surface area contributed by atoms with Crippen LogP contribution >= 0.6 is 0 Å². The number of nitrogens with one attached hydrogen (secondary N) is 1. The fraction of sp³-hybridized carbons (Fsp3) is 0.571. The highest BCUT2D eigenvalue weighted by Crippen LogP contribution is 2.24. The largest absolute Gasteiger partial charge is 0.386 e. The van der Waals surface area contributed by atoms with Crippen LogP contribution in [-0.2, 0) is 11.2 Å². The summed E-state index contributed by atoms with van der Waals surface area (Å²) in [7, 11) is 0. The van der Waals surface area contributed by atoms with Gasteiger partial charge in [0, 0.05) is 31.7 Å². The highest BCUT2D eigenvalue weighted by atomic mass is 16.6. The van der Waals surface area contributed by atoms with Crippen LogP contribution in [0.1, 0.15) is 18.9 Å². The summed E-state index contributed by atoms with van der Waals surface area (Å²) in [5.74, 6) is 0. The second-order valence-corrected chi connectivity index (χ2v) is 5.22. The number of nitrogens with zero attached hydrogens (tertiary/aromatic N) is 1. The van der Waals surface area contributed by atoms with E-state index >= 15 is 0 Å². The average molecular weight is 280 g/mol. The molecule has 1 aliphatic rings. The van der Waals surface area contributed by atoms with E-state index in [4.69, 9.17) is 4.74 Å². The average Bonchev–Trinajstić information content (AvgIpc) is 2.76. The maximum atomic E-state index is 10.5. The van der Waals surface area contributed by atoms with E-state index in [1.807, 2.05) is 6.92 Å². The third-order valence-corrected chi connectivity index (χ3v) is 3.83. The molecule has 2 unspecified atom stereocenters. The first-order chi connectivity index (χ1) is 9.51. The van der Waals surface area contributed by atoms with Crippen LogP contribution in [0.25, 0.3) is 0 Å². The summed E-state index contributed by atoms with van der Waals surface area (Å²) in [5.41, 5.74) is 0.355. The highest BCUT2D eigenvalue weighted by molar-refractivity contribution is 5.32. The van der Waals surface area contributed by atoms with Crippen molar-refractivity contribution in [2.75, 3.05) is 19.7 Å². The second-order valence-electron chi connectivity index (χ2n) is 5.22. The first-order valence-corrected chi connectivity index (χ1v) is 6.79. The Morgan fingerprint density at radius 1 is 1.50 bits per heavy atom. The van der Waals surface area contributed by atoms with Gasteiger partial charge >= 0.3 is 0 Å². The first-order valence-electron chi connectivity index (χ1n) is 6.79. The van der Waals surface area contributed by atoms with Gasteiger partial charge in [-0.1, -0.05) is 12.1 Å². The van der Waals surface area contributed by atoms with Crippen molar-refractivity contribution >= 4 is 5.69 Å². The van der Waals surface area contributed by atoms with Crippen LogP contribution in [0.4, 0.5) is 5.69 Å². The molecular weight excluding hydrogens is 260 g/mol. The van der Waals surface area contributed by atoms with Crippen molar-refractivity contribution in [2.45, 2.75) is 31.5 Å². The number of rotatable bonds is 6. The van der Waals surface area contributed by atoms with Gasteiger partial charge in [0.05, 0.1) is 11.0 Å². The molecule has 0 aliphatic carbocycles. The molecule has 0 radical (unpaired) electrons. The third kappa shape index (κ3) is 3.53. The Labute approximate surface area is 117 Å². The van der Waals surface area contributed by atoms with Crippen molar-refractivity contribution in [3.05, 3.63) is 39.9 Å². The van der Waals surface area contributed by atoms with Crippen LogP contribution in [0.15, 0.2) is 24.3 Å². The molecule has 1 fully saturated rings. The summed E-state index contributed by atoms with van der Waals surface area (Å²) in [6.45, 7) is 3.70. The van der Waals surface area contributed by atoms with Gasteiger partial charge in [-0.25, -0.2) is 0 Å². The van der Waals surface area contributed by atoms with E-state index in [2.05, 4.69) is 5.32 Å². The molecule has 0 amide bonds. The van der Waals surface area contributed by atoms with E-state index < -0.39 is 10.5 Å². The van der Waals surface area contributed by atoms with E-state index in [0.717, 1.165) is 12.0 Å². The molecule has 0 bridgehead atoms. The van der Waals surface area contributed by atoms with E-state index in [1.165, 1.54) is 12.1 Å². The van der Waals surface area contributed by atoms with Crippen molar-refractivity contribution in [2.24, 2.45) is 0 Å². The summed E-state index contributed by atoms with van der Waals surface area (Å²) in [4.78, 5) is 10.1. The van der Waals surface area contributed by atoms with Crippen LogP contribution in [0.5, 0.6) is 0 Å². The Hall–Kier alpha value is -1.50. The zero-order valence-electron chi connectivity index (χ0n) is 11.5. The SMILES string of the molecule is CC1OCCC1(O)CNCCc1ccc([N+](=O)[O-])cc1. The Kier molecular flexibility index (Phi) is 4.69. The molecule has 1 heterocycles. The van der Waals surface area contributed by atoms with Gasteiger partial charge in [-0.2, -0.15) is 0 Å². The second kappa shape index (κ2) is 6.30. The Morgan fingerprint density at radius 3 is 2.75 bits per heavy atom. The standard InChI is InChI=1S/C14H20N2O4/c1-11-14(17,7-9-20-11)10-15-8-6-12-2-4-13(5-3-12)16(18)19/h2-5,11,15,17H,6-10H2,1H3. The summed E-state index contributed by atoms with van der Waals surface area (Å²) < 4.78 is 5.37. The Morgan fingerprint density at radius 2 is 2.20 bits per heavy atom. The lowest BCUT2D eigenvalue weighted by molar-refractivity contribution is -0.384. The summed E-state index contributed by atoms with van der Waals surface area (Å²) in [5, 5.41) is 24.1. The molecule has 2 rings (SSSR count). The summed E-state index contributed by atoms with van der Waals surface area (Å²) in [6, 6.07) is 6.54. The lowest BCUT2D eigenvalue weighted by Crippen LogP contribution is -2.46. The van der Waals surface area contributed by atoms with Crippen LogP contribution < -0.4 is 5.32 Å². The predicted molar refractivity (Wildman–Crippen MR) is 74.7 cm³/mol. The molecule has 1 aromatic rings. The summed E-state index contributed by atoms with van der Waals surface area (Å²) >= 11 is 0. The fourth-order valence-corrected chi connectivity index (χ4v) is 2.32. The molecule has 6 heteroatoms. The molecule has 1 saturated heterocycles. The molecule has 0 aromatic heterocycles. The zero-order valence-corrected chi connectivity index (χ0v) is 11.5. The van der Waals surface area contributed by atoms with E-state index in [-0.39, 0.29) is 11.8 Å². The Balaban J connectivity index is 1.74. The topological polar surface area (TPSA) is 84.6 Å². The van der Waals surface area contributed by atoms with E-state index in [1.54, 1.807) is 12.1 Å². The molecule has 110 valence electrons. The van der Waals surface area contributed by atoms with Gasteiger partial charge < -0.3 is 15.2 Å². The van der Waals surface area contributed by atoms with Crippen molar-refractivity contribution in [1.29, 1.82) is 0 Å². The third-order valence-electron chi connectivity index (χ3n) is 3.83. The maximum absolute atomic E-state index is 10.5. The fourth-order valence-electron chi connectivity index (χ4n) is 2.32. The minimum Gasteiger partial charge on any atom is -0.386 e. The molecule has 2 N–H and O–H groups in total. The van der Waals surface area contributed by atoms with Gasteiger partial charge in [0.15, 0.2) is 0 Å². The molecule has 2 atom stereocenters. The quantitative estimate of drug-likeness (QED) is 0.465. The van der Waals surface area contributed by atoms with Crippen molar-refractivity contribution in [1.82, 2.24) is 5.32 Å². The summed E-state index contributed by atoms with van der Waals surface area (Å²) in [6.07, 6.45) is 1.27. The lowest BCUT2D eigenvalue weighted by Gasteiger charge is -2.26. The number of hydrogen-bond donors (Lipinski definition) is 2. The molecule has 1 aliphatic heterocycles. The zero-order chi connectivity index (χ0) is 14.6. The number of aliphatic hydroxyl groups is 1. The van der Waals surface area contributed by atoms with Gasteiger partial charge in [-0.05, 0) is 25.5 Å². The minimum absolute atomic E-state index is 0.105. The van der Waals surface area contributed by atoms with Gasteiger partial charge in [-0.15, -0.1) is 0 Å². The minimum atomic E-state index is -0.782. The number of non-ortho nitro benzene ring substituents is 1. The normalized spacial score (nSPS) is 25.8. The van der Waals surface area contributed by atoms with Gasteiger partial charge in [0.25, 0.3) is 5.69 Å². The maximum Gasteiger partial charge on any atom is 0.269 e. The van der Waals surface area contributed by atoms with Crippen molar-refractivity contribution in [3.8, 4) is 0 Å². The predicted octanol–water partition coefficient (Wildman–Crippen LogP) is 1.27. The number of hydrogen-bond acceptors (Lipinski definition) is 5. The molecule has 1 aromatic carbocycles. The van der Waals surface area contributed by atoms with Gasteiger partial charge in [0.2, 0.25) is 0 Å². The number of benzene rings is 1. The molecular formula is C14H20N2O4. The van der Waals surface area contributed by atoms with E-state index in [0.29, 0.717) is 26.1 Å². The van der Waals surface area contributed by atoms with Gasteiger partial charge in [-0.3, -0.25) is 10.1 Å². The number of nitro benzene ring substituents is 1. The van der Waals surface area contributed by atoms with Crippen LogP contribution in [0, 0.1) is 10.1 Å². The highest BCUT2D eigenvalue weighted by Gasteiger charge is 2.38. The van der Waals surface area contributed by atoms with Gasteiger partial charge in [0.1, 0.15) is 5.60 Å². The van der Waals surface area contributed by atoms with Crippen LogP contribution in [-0.4, -0.2) is 41.4 Å². The monoisotopic (exact) mass is 280 g/mol. The molecule has 20 heavy (non-hydrogen) atoms. The molecule has 0 saturated carbocycles. The van der Waals surface area contributed by atoms with Crippen LogP contribution in [0.3, 0.4) is 0 Å². The van der Waals surface area contributed by atoms with Crippen molar-refractivity contribution in [3.63, 3.8) is 0 Å². The number of nitro groups is 1. The molecule has 6 nitrogen and oxygen atoms in total. The first kappa shape index (κ1) is 14.9. The Bertz CT molecular complexity index is 463. The van der Waals surface area contributed by atoms with E-state index in [9.17, 15) is 15.2 Å².